The van der Waals surface area contributed by atoms with E-state index in [1.165, 1.54) is 0 Å². The smallest absolute Gasteiger partial charge is 0.220 e. The first kappa shape index (κ1) is 16.1. The molecule has 0 spiro atoms. The Labute approximate surface area is 119 Å². The maximum absolute atomic E-state index is 11.8. The summed E-state index contributed by atoms with van der Waals surface area (Å²) in [6, 6.07) is 0. The molecule has 0 saturated heterocycles. The number of carbonyl (C=O) groups excluding carboxylic acids is 1. The number of nitrogens with one attached hydrogen (secondary N) is 1. The predicted octanol–water partition coefficient (Wildman–Crippen LogP) is 2.47. The Morgan fingerprint density at radius 1 is 1.47 bits per heavy atom. The molecule has 1 aromatic heterocycles. The van der Waals surface area contributed by atoms with E-state index in [2.05, 4.69) is 24.1 Å². The molecule has 1 atom stereocenters. The molecule has 1 amide bonds. The van der Waals surface area contributed by atoms with Crippen LogP contribution in [0.4, 0.5) is 0 Å². The van der Waals surface area contributed by atoms with Gasteiger partial charge in [0, 0.05) is 11.3 Å². The van der Waals surface area contributed by atoms with Crippen molar-refractivity contribution in [2.75, 3.05) is 6.54 Å². The summed E-state index contributed by atoms with van der Waals surface area (Å²) in [7, 11) is 0. The molecule has 0 aliphatic carbocycles. The van der Waals surface area contributed by atoms with Crippen LogP contribution in [0.3, 0.4) is 0 Å². The second-order valence-corrected chi connectivity index (χ2v) is 6.20. The van der Waals surface area contributed by atoms with Crippen molar-refractivity contribution in [3.05, 3.63) is 16.1 Å². The normalized spacial score (nSPS) is 12.7. The highest BCUT2D eigenvalue weighted by Crippen LogP contribution is 2.20. The molecule has 0 radical (unpaired) electrons. The molecular formula is C14H25N3OS. The van der Waals surface area contributed by atoms with E-state index < -0.39 is 0 Å². The van der Waals surface area contributed by atoms with Crippen molar-refractivity contribution < 1.29 is 4.79 Å². The molecule has 1 rings (SSSR count). The van der Waals surface area contributed by atoms with Crippen LogP contribution in [0.1, 0.15) is 43.7 Å². The van der Waals surface area contributed by atoms with E-state index in [1.54, 1.807) is 11.3 Å². The minimum absolute atomic E-state index is 0.121. The van der Waals surface area contributed by atoms with Crippen LogP contribution < -0.4 is 11.1 Å². The van der Waals surface area contributed by atoms with E-state index in [0.29, 0.717) is 31.3 Å². The first-order valence-electron chi connectivity index (χ1n) is 6.90. The van der Waals surface area contributed by atoms with Crippen molar-refractivity contribution >= 4 is 17.2 Å². The predicted molar refractivity (Wildman–Crippen MR) is 79.9 cm³/mol. The van der Waals surface area contributed by atoms with Crippen LogP contribution in [-0.4, -0.2) is 17.4 Å². The van der Waals surface area contributed by atoms with Crippen LogP contribution in [0.15, 0.2) is 5.51 Å². The van der Waals surface area contributed by atoms with Gasteiger partial charge >= 0.3 is 0 Å². The first-order valence-corrected chi connectivity index (χ1v) is 7.78. The Hall–Kier alpha value is -0.940. The van der Waals surface area contributed by atoms with Gasteiger partial charge in [-0.25, -0.2) is 4.98 Å². The average Bonchev–Trinajstić information content (AvgIpc) is 2.77. The third kappa shape index (κ3) is 5.70. The van der Waals surface area contributed by atoms with Gasteiger partial charge in [-0.3, -0.25) is 4.79 Å². The van der Waals surface area contributed by atoms with Crippen LogP contribution in [0.2, 0.25) is 0 Å². The zero-order valence-electron chi connectivity index (χ0n) is 12.1. The van der Waals surface area contributed by atoms with Crippen LogP contribution in [0.5, 0.6) is 0 Å². The molecule has 0 aromatic carbocycles. The lowest BCUT2D eigenvalue weighted by molar-refractivity contribution is -0.121. The zero-order valence-corrected chi connectivity index (χ0v) is 12.9. The van der Waals surface area contributed by atoms with Gasteiger partial charge in [0.1, 0.15) is 0 Å². The highest BCUT2D eigenvalue weighted by atomic mass is 32.1. The summed E-state index contributed by atoms with van der Waals surface area (Å²) in [6.07, 6.45) is 2.50. The number of hydrogen-bond acceptors (Lipinski definition) is 4. The molecule has 1 heterocycles. The highest BCUT2D eigenvalue weighted by Gasteiger charge is 2.14. The third-order valence-electron chi connectivity index (χ3n) is 3.51. The van der Waals surface area contributed by atoms with Gasteiger partial charge in [0.25, 0.3) is 0 Å². The molecular weight excluding hydrogens is 258 g/mol. The Morgan fingerprint density at radius 2 is 2.21 bits per heavy atom. The molecule has 0 saturated carbocycles. The number of rotatable bonds is 8. The SMILES string of the molecule is Cc1ncsc1CNC(=O)CCC(CCN)C(C)C. The Balaban J connectivity index is 2.29. The molecule has 3 N–H and O–H groups in total. The summed E-state index contributed by atoms with van der Waals surface area (Å²) in [5.41, 5.74) is 8.43. The average molecular weight is 283 g/mol. The van der Waals surface area contributed by atoms with Gasteiger partial charge in [-0.1, -0.05) is 13.8 Å². The lowest BCUT2D eigenvalue weighted by atomic mass is 9.88. The number of carbonyl (C=O) groups is 1. The molecule has 0 aliphatic rings. The number of aryl methyl sites for hydroxylation is 1. The summed E-state index contributed by atoms with van der Waals surface area (Å²) in [5.74, 6) is 1.25. The number of thiazole rings is 1. The third-order valence-corrected chi connectivity index (χ3v) is 4.45. The standard InChI is InChI=1S/C14H25N3OS/c1-10(2)12(6-7-15)4-5-14(18)16-8-13-11(3)17-9-19-13/h9-10,12H,4-8,15H2,1-3H3,(H,16,18). The van der Waals surface area contributed by atoms with E-state index in [4.69, 9.17) is 5.73 Å². The lowest BCUT2D eigenvalue weighted by Gasteiger charge is -2.19. The second-order valence-electron chi connectivity index (χ2n) is 5.26. The highest BCUT2D eigenvalue weighted by molar-refractivity contribution is 7.09. The quantitative estimate of drug-likeness (QED) is 0.770. The molecule has 19 heavy (non-hydrogen) atoms. The Morgan fingerprint density at radius 3 is 2.74 bits per heavy atom. The number of aromatic nitrogens is 1. The molecule has 0 aliphatic heterocycles. The van der Waals surface area contributed by atoms with Gasteiger partial charge in [-0.05, 0) is 38.1 Å². The van der Waals surface area contributed by atoms with E-state index in [1.807, 2.05) is 12.4 Å². The summed E-state index contributed by atoms with van der Waals surface area (Å²) < 4.78 is 0. The van der Waals surface area contributed by atoms with Crippen molar-refractivity contribution in [1.29, 1.82) is 0 Å². The molecule has 5 heteroatoms. The van der Waals surface area contributed by atoms with Crippen molar-refractivity contribution in [2.45, 2.75) is 46.6 Å². The largest absolute Gasteiger partial charge is 0.351 e. The van der Waals surface area contributed by atoms with Gasteiger partial charge in [0.05, 0.1) is 17.7 Å². The maximum atomic E-state index is 11.8. The number of nitrogens with zero attached hydrogens (tertiary/aromatic N) is 1. The molecule has 0 fully saturated rings. The van der Waals surface area contributed by atoms with Gasteiger partial charge in [-0.15, -0.1) is 11.3 Å². The topological polar surface area (TPSA) is 68.0 Å². The second kappa shape index (κ2) is 8.27. The van der Waals surface area contributed by atoms with Crippen molar-refractivity contribution in [1.82, 2.24) is 10.3 Å². The fraction of sp³-hybridized carbons (Fsp3) is 0.714. The first-order chi connectivity index (χ1) is 9.04. The van der Waals surface area contributed by atoms with Crippen molar-refractivity contribution in [3.63, 3.8) is 0 Å². The fourth-order valence-corrected chi connectivity index (χ4v) is 2.82. The minimum Gasteiger partial charge on any atom is -0.351 e. The molecule has 1 aromatic rings. The molecule has 4 nitrogen and oxygen atoms in total. The van der Waals surface area contributed by atoms with Crippen LogP contribution in [0.25, 0.3) is 0 Å². The van der Waals surface area contributed by atoms with Crippen LogP contribution in [0, 0.1) is 18.8 Å². The fourth-order valence-electron chi connectivity index (χ4n) is 2.10. The summed E-state index contributed by atoms with van der Waals surface area (Å²) in [5, 5.41) is 2.96. The number of hydrogen-bond donors (Lipinski definition) is 2. The Bertz CT molecular complexity index is 390. The van der Waals surface area contributed by atoms with E-state index in [0.717, 1.165) is 23.4 Å². The Kier molecular flexibility index (Phi) is 7.02. The van der Waals surface area contributed by atoms with Gasteiger partial charge in [-0.2, -0.15) is 0 Å². The van der Waals surface area contributed by atoms with E-state index in [-0.39, 0.29) is 5.91 Å². The molecule has 0 bridgehead atoms. The number of nitrogens with two attached hydrogens (primary N) is 1. The lowest BCUT2D eigenvalue weighted by Crippen LogP contribution is -2.24. The van der Waals surface area contributed by atoms with E-state index in [9.17, 15) is 4.79 Å². The van der Waals surface area contributed by atoms with Crippen molar-refractivity contribution in [2.24, 2.45) is 17.6 Å². The minimum atomic E-state index is 0.121. The molecule has 108 valence electrons. The number of amides is 1. The van der Waals surface area contributed by atoms with Gasteiger partial charge in [0.2, 0.25) is 5.91 Å². The maximum Gasteiger partial charge on any atom is 0.220 e. The monoisotopic (exact) mass is 283 g/mol. The summed E-state index contributed by atoms with van der Waals surface area (Å²) in [4.78, 5) is 17.1. The van der Waals surface area contributed by atoms with Crippen LogP contribution >= 0.6 is 11.3 Å². The van der Waals surface area contributed by atoms with Crippen molar-refractivity contribution in [3.8, 4) is 0 Å². The summed E-state index contributed by atoms with van der Waals surface area (Å²) >= 11 is 1.59. The van der Waals surface area contributed by atoms with Gasteiger partial charge < -0.3 is 11.1 Å². The van der Waals surface area contributed by atoms with Crippen LogP contribution in [-0.2, 0) is 11.3 Å². The summed E-state index contributed by atoms with van der Waals surface area (Å²) in [6.45, 7) is 7.65. The van der Waals surface area contributed by atoms with E-state index >= 15 is 0 Å². The van der Waals surface area contributed by atoms with Gasteiger partial charge in [0.15, 0.2) is 0 Å². The zero-order chi connectivity index (χ0) is 14.3. The molecule has 1 unspecified atom stereocenters.